The molecule has 0 saturated carbocycles. The van der Waals surface area contributed by atoms with E-state index in [0.29, 0.717) is 0 Å². The summed E-state index contributed by atoms with van der Waals surface area (Å²) in [6.07, 6.45) is 7.34. The molecule has 1 aromatic heterocycles. The van der Waals surface area contributed by atoms with Crippen molar-refractivity contribution in [3.05, 3.63) is 46.6 Å². The third-order valence-electron chi connectivity index (χ3n) is 3.60. The van der Waals surface area contributed by atoms with E-state index in [1.54, 1.807) is 0 Å². The van der Waals surface area contributed by atoms with Crippen molar-refractivity contribution in [2.45, 2.75) is 32.6 Å². The van der Waals surface area contributed by atoms with Crippen LogP contribution in [0, 0.1) is 6.92 Å². The van der Waals surface area contributed by atoms with E-state index in [1.807, 2.05) is 18.2 Å². The summed E-state index contributed by atoms with van der Waals surface area (Å²) in [5, 5.41) is 1.91. The third-order valence-corrected chi connectivity index (χ3v) is 3.84. The molecule has 2 aromatic rings. The summed E-state index contributed by atoms with van der Waals surface area (Å²) < 4.78 is 0. The number of hydrogen-bond donors (Lipinski definition) is 0. The van der Waals surface area contributed by atoms with Gasteiger partial charge in [0.1, 0.15) is 0 Å². The van der Waals surface area contributed by atoms with Crippen LogP contribution in [-0.4, -0.2) is 4.98 Å². The first-order chi connectivity index (χ1) is 8.74. The average Bonchev–Trinajstić information content (AvgIpc) is 2.39. The average molecular weight is 258 g/mol. The molecule has 1 heterocycles. The molecule has 1 aliphatic carbocycles. The van der Waals surface area contributed by atoms with Crippen LogP contribution in [0.3, 0.4) is 0 Å². The Hall–Kier alpha value is -1.34. The summed E-state index contributed by atoms with van der Waals surface area (Å²) in [5.74, 6) is 0. The van der Waals surface area contributed by atoms with Gasteiger partial charge in [-0.1, -0.05) is 17.7 Å². The number of aromatic nitrogens is 1. The maximum atomic E-state index is 6.05. The van der Waals surface area contributed by atoms with Gasteiger partial charge in [-0.2, -0.15) is 0 Å². The van der Waals surface area contributed by atoms with Crippen molar-refractivity contribution in [3.63, 3.8) is 0 Å². The third kappa shape index (κ3) is 2.15. The molecule has 1 aliphatic rings. The van der Waals surface area contributed by atoms with Crippen LogP contribution < -0.4 is 0 Å². The molecule has 0 radical (unpaired) electrons. The molecule has 0 amide bonds. The van der Waals surface area contributed by atoms with Crippen molar-refractivity contribution in [3.8, 4) is 0 Å². The van der Waals surface area contributed by atoms with Gasteiger partial charge < -0.3 is 0 Å². The zero-order chi connectivity index (χ0) is 12.5. The highest BCUT2D eigenvalue weighted by atomic mass is 35.5. The standard InChI is InChI=1S/C16H16ClN/c1-11-15(12-5-3-2-4-6-12)10-13-9-14(17)7-8-16(13)18-11/h5,7-10H,2-4,6H2,1H3. The molecule has 0 bridgehead atoms. The van der Waals surface area contributed by atoms with Gasteiger partial charge in [-0.15, -0.1) is 0 Å². The van der Waals surface area contributed by atoms with E-state index in [9.17, 15) is 0 Å². The lowest BCUT2D eigenvalue weighted by atomic mass is 9.92. The van der Waals surface area contributed by atoms with E-state index < -0.39 is 0 Å². The van der Waals surface area contributed by atoms with Crippen LogP contribution in [0.15, 0.2) is 30.3 Å². The number of aryl methyl sites for hydroxylation is 1. The first kappa shape index (κ1) is 11.7. The van der Waals surface area contributed by atoms with Crippen molar-refractivity contribution in [2.24, 2.45) is 0 Å². The number of hydrogen-bond acceptors (Lipinski definition) is 1. The summed E-state index contributed by atoms with van der Waals surface area (Å²) in [6.45, 7) is 2.10. The highest BCUT2D eigenvalue weighted by Crippen LogP contribution is 2.30. The van der Waals surface area contributed by atoms with Gasteiger partial charge in [-0.3, -0.25) is 4.98 Å². The van der Waals surface area contributed by atoms with Crippen molar-refractivity contribution in [2.75, 3.05) is 0 Å². The van der Waals surface area contributed by atoms with Gasteiger partial charge in [0.25, 0.3) is 0 Å². The highest BCUT2D eigenvalue weighted by molar-refractivity contribution is 6.31. The molecular formula is C16H16ClN. The van der Waals surface area contributed by atoms with Gasteiger partial charge in [-0.25, -0.2) is 0 Å². The maximum absolute atomic E-state index is 6.05. The lowest BCUT2D eigenvalue weighted by Gasteiger charge is -2.15. The van der Waals surface area contributed by atoms with Crippen molar-refractivity contribution >= 4 is 28.1 Å². The Morgan fingerprint density at radius 2 is 2.06 bits per heavy atom. The number of pyridine rings is 1. The topological polar surface area (TPSA) is 12.9 Å². The number of allylic oxidation sites excluding steroid dienone is 2. The van der Waals surface area contributed by atoms with Crippen LogP contribution in [-0.2, 0) is 0 Å². The lowest BCUT2D eigenvalue weighted by molar-refractivity contribution is 0.741. The summed E-state index contributed by atoms with van der Waals surface area (Å²) in [5.41, 5.74) is 4.90. The zero-order valence-corrected chi connectivity index (χ0v) is 11.3. The molecule has 0 fully saturated rings. The molecule has 0 aliphatic heterocycles. The molecule has 0 atom stereocenters. The van der Waals surface area contributed by atoms with Gasteiger partial charge in [0.05, 0.1) is 5.52 Å². The van der Waals surface area contributed by atoms with Gasteiger partial charge >= 0.3 is 0 Å². The number of rotatable bonds is 1. The van der Waals surface area contributed by atoms with E-state index >= 15 is 0 Å². The summed E-state index contributed by atoms with van der Waals surface area (Å²) in [4.78, 5) is 4.69. The number of halogens is 1. The molecule has 0 unspecified atom stereocenters. The van der Waals surface area contributed by atoms with Crippen LogP contribution in [0.4, 0.5) is 0 Å². The lowest BCUT2D eigenvalue weighted by Crippen LogP contribution is -1.97. The molecule has 0 N–H and O–H groups in total. The Balaban J connectivity index is 2.16. The molecule has 1 aromatic carbocycles. The summed E-state index contributed by atoms with van der Waals surface area (Å²) in [7, 11) is 0. The van der Waals surface area contributed by atoms with Crippen molar-refractivity contribution in [1.82, 2.24) is 4.98 Å². The van der Waals surface area contributed by atoms with Crippen LogP contribution in [0.2, 0.25) is 5.02 Å². The fourth-order valence-electron chi connectivity index (χ4n) is 2.65. The number of benzene rings is 1. The quantitative estimate of drug-likeness (QED) is 0.688. The van der Waals surface area contributed by atoms with E-state index in [0.717, 1.165) is 21.6 Å². The number of nitrogens with zero attached hydrogens (tertiary/aromatic N) is 1. The van der Waals surface area contributed by atoms with Gasteiger partial charge in [0.2, 0.25) is 0 Å². The normalized spacial score (nSPS) is 15.8. The maximum Gasteiger partial charge on any atom is 0.0706 e. The molecule has 0 spiro atoms. The van der Waals surface area contributed by atoms with Crippen LogP contribution in [0.25, 0.3) is 16.5 Å². The molecule has 2 heteroatoms. The van der Waals surface area contributed by atoms with Gasteiger partial charge in [0, 0.05) is 16.1 Å². The SMILES string of the molecule is Cc1nc2ccc(Cl)cc2cc1C1=CCCCC1. The van der Waals surface area contributed by atoms with Crippen molar-refractivity contribution < 1.29 is 0 Å². The zero-order valence-electron chi connectivity index (χ0n) is 10.5. The van der Waals surface area contributed by atoms with E-state index in [-0.39, 0.29) is 0 Å². The van der Waals surface area contributed by atoms with Gasteiger partial charge in [-0.05, 0) is 68.0 Å². The number of fused-ring (bicyclic) bond motifs is 1. The molecular weight excluding hydrogens is 242 g/mol. The predicted octanol–water partition coefficient (Wildman–Crippen LogP) is 5.15. The van der Waals surface area contributed by atoms with E-state index in [1.165, 1.54) is 36.8 Å². The summed E-state index contributed by atoms with van der Waals surface area (Å²) >= 11 is 6.05. The molecule has 3 rings (SSSR count). The Morgan fingerprint density at radius 3 is 2.83 bits per heavy atom. The highest BCUT2D eigenvalue weighted by Gasteiger charge is 2.11. The second kappa shape index (κ2) is 4.74. The molecule has 18 heavy (non-hydrogen) atoms. The minimum Gasteiger partial charge on any atom is -0.253 e. The van der Waals surface area contributed by atoms with E-state index in [4.69, 9.17) is 16.6 Å². The first-order valence-corrected chi connectivity index (χ1v) is 6.88. The largest absolute Gasteiger partial charge is 0.253 e. The van der Waals surface area contributed by atoms with E-state index in [2.05, 4.69) is 19.1 Å². The smallest absolute Gasteiger partial charge is 0.0706 e. The second-order valence-corrected chi connectivity index (χ2v) is 5.37. The van der Waals surface area contributed by atoms with Crippen LogP contribution in [0.5, 0.6) is 0 Å². The molecule has 92 valence electrons. The van der Waals surface area contributed by atoms with Crippen LogP contribution >= 0.6 is 11.6 Å². The van der Waals surface area contributed by atoms with Crippen molar-refractivity contribution in [1.29, 1.82) is 0 Å². The monoisotopic (exact) mass is 257 g/mol. The Kier molecular flexibility index (Phi) is 3.09. The van der Waals surface area contributed by atoms with Crippen LogP contribution in [0.1, 0.15) is 36.9 Å². The minimum absolute atomic E-state index is 0.775. The molecule has 1 nitrogen and oxygen atoms in total. The fraction of sp³-hybridized carbons (Fsp3) is 0.312. The Bertz CT molecular complexity index is 628. The van der Waals surface area contributed by atoms with Gasteiger partial charge in [0.15, 0.2) is 0 Å². The fourth-order valence-corrected chi connectivity index (χ4v) is 2.83. The molecule has 0 saturated heterocycles. The Labute approximate surface area is 112 Å². The summed E-state index contributed by atoms with van der Waals surface area (Å²) in [6, 6.07) is 8.12. The predicted molar refractivity (Wildman–Crippen MR) is 77.9 cm³/mol. The second-order valence-electron chi connectivity index (χ2n) is 4.93. The minimum atomic E-state index is 0.775. The first-order valence-electron chi connectivity index (χ1n) is 6.50. The Morgan fingerprint density at radius 1 is 1.17 bits per heavy atom.